The van der Waals surface area contributed by atoms with Gasteiger partial charge in [-0.2, -0.15) is 5.10 Å². The van der Waals surface area contributed by atoms with Crippen molar-refractivity contribution in [3.05, 3.63) is 34.9 Å². The molecule has 1 fully saturated rings. The fourth-order valence-electron chi connectivity index (χ4n) is 2.63. The van der Waals surface area contributed by atoms with Gasteiger partial charge in [-0.3, -0.25) is 9.89 Å². The molecule has 5 N–H and O–H groups in total. The molecule has 0 unspecified atom stereocenters. The fourth-order valence-corrected chi connectivity index (χ4v) is 2.82. The van der Waals surface area contributed by atoms with Crippen molar-refractivity contribution in [1.29, 1.82) is 0 Å². The SMILES string of the molecule is NC(=O)c1c(N=CC2CCNCC2)n[nH]c1Nc1cccc(Cl)c1. The third kappa shape index (κ3) is 3.93. The number of rotatable bonds is 5. The number of aliphatic imine (C=N–C) groups is 1. The van der Waals surface area contributed by atoms with E-state index in [1.807, 2.05) is 12.3 Å². The van der Waals surface area contributed by atoms with Gasteiger partial charge in [0, 0.05) is 16.9 Å². The van der Waals surface area contributed by atoms with Crippen molar-refractivity contribution in [2.24, 2.45) is 16.6 Å². The molecular weight excluding hydrogens is 328 g/mol. The normalized spacial score (nSPS) is 15.7. The number of hydrogen-bond donors (Lipinski definition) is 4. The van der Waals surface area contributed by atoms with E-state index in [2.05, 4.69) is 25.8 Å². The van der Waals surface area contributed by atoms with Crippen molar-refractivity contribution in [3.8, 4) is 0 Å². The third-order valence-electron chi connectivity index (χ3n) is 3.88. The van der Waals surface area contributed by atoms with Crippen molar-refractivity contribution < 1.29 is 4.79 Å². The molecule has 0 bridgehead atoms. The molecule has 1 aromatic carbocycles. The molecule has 0 spiro atoms. The largest absolute Gasteiger partial charge is 0.365 e. The van der Waals surface area contributed by atoms with Gasteiger partial charge >= 0.3 is 0 Å². The highest BCUT2D eigenvalue weighted by atomic mass is 35.5. The van der Waals surface area contributed by atoms with E-state index in [-0.39, 0.29) is 5.56 Å². The number of benzene rings is 1. The molecule has 0 radical (unpaired) electrons. The summed E-state index contributed by atoms with van der Waals surface area (Å²) in [5, 5.41) is 13.8. The van der Waals surface area contributed by atoms with Gasteiger partial charge in [0.1, 0.15) is 11.4 Å². The van der Waals surface area contributed by atoms with Gasteiger partial charge in [0.05, 0.1) is 0 Å². The molecule has 7 nitrogen and oxygen atoms in total. The van der Waals surface area contributed by atoms with Crippen molar-refractivity contribution in [2.75, 3.05) is 18.4 Å². The number of carbonyl (C=O) groups excluding carboxylic acids is 1. The van der Waals surface area contributed by atoms with Crippen LogP contribution in [0.1, 0.15) is 23.2 Å². The van der Waals surface area contributed by atoms with Gasteiger partial charge < -0.3 is 16.4 Å². The number of nitrogens with two attached hydrogens (primary N) is 1. The van der Waals surface area contributed by atoms with Crippen LogP contribution in [0.25, 0.3) is 0 Å². The topological polar surface area (TPSA) is 108 Å². The van der Waals surface area contributed by atoms with Gasteiger partial charge in [-0.05, 0) is 50.0 Å². The maximum atomic E-state index is 11.8. The Hall–Kier alpha value is -2.38. The Kier molecular flexibility index (Phi) is 5.12. The Morgan fingerprint density at radius 3 is 2.92 bits per heavy atom. The van der Waals surface area contributed by atoms with E-state index in [4.69, 9.17) is 17.3 Å². The van der Waals surface area contributed by atoms with Crippen molar-refractivity contribution >= 4 is 41.0 Å². The summed E-state index contributed by atoms with van der Waals surface area (Å²) in [4.78, 5) is 16.2. The van der Waals surface area contributed by atoms with Gasteiger partial charge in [0.25, 0.3) is 5.91 Å². The highest BCUT2D eigenvalue weighted by molar-refractivity contribution is 6.30. The predicted octanol–water partition coefficient (Wildman–Crippen LogP) is 2.61. The first-order valence-corrected chi connectivity index (χ1v) is 8.17. The molecule has 8 heteroatoms. The molecule has 1 aromatic heterocycles. The van der Waals surface area contributed by atoms with E-state index in [0.29, 0.717) is 22.6 Å². The lowest BCUT2D eigenvalue weighted by Gasteiger charge is -2.18. The lowest BCUT2D eigenvalue weighted by atomic mass is 10.00. The molecule has 0 atom stereocenters. The Morgan fingerprint density at radius 1 is 1.42 bits per heavy atom. The van der Waals surface area contributed by atoms with Gasteiger partial charge in [-0.25, -0.2) is 4.99 Å². The molecule has 3 rings (SSSR count). The van der Waals surface area contributed by atoms with Crippen LogP contribution in [0.15, 0.2) is 29.3 Å². The van der Waals surface area contributed by atoms with Crippen molar-refractivity contribution in [2.45, 2.75) is 12.8 Å². The van der Waals surface area contributed by atoms with E-state index >= 15 is 0 Å². The Morgan fingerprint density at radius 2 is 2.21 bits per heavy atom. The summed E-state index contributed by atoms with van der Waals surface area (Å²) in [6.07, 6.45) is 3.90. The van der Waals surface area contributed by atoms with E-state index < -0.39 is 5.91 Å². The lowest BCUT2D eigenvalue weighted by molar-refractivity contribution is 0.100. The van der Waals surface area contributed by atoms with E-state index in [1.165, 1.54) is 0 Å². The zero-order chi connectivity index (χ0) is 16.9. The number of nitrogens with one attached hydrogen (secondary N) is 3. The van der Waals surface area contributed by atoms with Crippen LogP contribution in [0.5, 0.6) is 0 Å². The Bertz CT molecular complexity index is 751. The maximum absolute atomic E-state index is 11.8. The number of anilines is 2. The molecule has 0 aliphatic carbocycles. The standard InChI is InChI=1S/C16H19ClN6O/c17-11-2-1-3-12(8-11)21-16-13(14(18)24)15(22-23-16)20-9-10-4-6-19-7-5-10/h1-3,8-10,19H,4-7H2,(H2,18,24)(H2,21,22,23). The number of hydrogen-bond acceptors (Lipinski definition) is 5. The number of aromatic amines is 1. The first kappa shape index (κ1) is 16.5. The fraction of sp³-hybridized carbons (Fsp3) is 0.312. The van der Waals surface area contributed by atoms with Crippen LogP contribution in [0.4, 0.5) is 17.3 Å². The number of amides is 1. The van der Waals surface area contributed by atoms with E-state index in [1.54, 1.807) is 18.2 Å². The summed E-state index contributed by atoms with van der Waals surface area (Å²) >= 11 is 5.97. The molecule has 1 aliphatic heterocycles. The average Bonchev–Trinajstić information content (AvgIpc) is 2.97. The number of aromatic nitrogens is 2. The van der Waals surface area contributed by atoms with Crippen LogP contribution >= 0.6 is 11.6 Å². The molecule has 0 saturated carbocycles. The number of H-pyrrole nitrogens is 1. The molecule has 1 saturated heterocycles. The lowest BCUT2D eigenvalue weighted by Crippen LogP contribution is -2.28. The molecule has 24 heavy (non-hydrogen) atoms. The molecule has 126 valence electrons. The monoisotopic (exact) mass is 346 g/mol. The van der Waals surface area contributed by atoms with Crippen LogP contribution in [0, 0.1) is 5.92 Å². The minimum absolute atomic E-state index is 0.236. The molecule has 1 amide bonds. The molecule has 2 heterocycles. The second-order valence-corrected chi connectivity index (χ2v) is 6.10. The van der Waals surface area contributed by atoms with Gasteiger partial charge in [0.2, 0.25) is 0 Å². The predicted molar refractivity (Wildman–Crippen MR) is 95.6 cm³/mol. The number of nitrogens with zero attached hydrogens (tertiary/aromatic N) is 2. The van der Waals surface area contributed by atoms with Crippen LogP contribution in [-0.2, 0) is 0 Å². The highest BCUT2D eigenvalue weighted by Gasteiger charge is 2.19. The quantitative estimate of drug-likeness (QED) is 0.624. The summed E-state index contributed by atoms with van der Waals surface area (Å²) in [6, 6.07) is 7.14. The zero-order valence-electron chi connectivity index (χ0n) is 13.1. The van der Waals surface area contributed by atoms with Gasteiger partial charge in [-0.15, -0.1) is 0 Å². The van der Waals surface area contributed by atoms with Gasteiger partial charge in [0.15, 0.2) is 5.82 Å². The second kappa shape index (κ2) is 7.46. The highest BCUT2D eigenvalue weighted by Crippen LogP contribution is 2.27. The number of halogens is 1. The van der Waals surface area contributed by atoms with Gasteiger partial charge in [-0.1, -0.05) is 17.7 Å². The molecular formula is C16H19ClN6O. The second-order valence-electron chi connectivity index (χ2n) is 5.66. The van der Waals surface area contributed by atoms with Crippen molar-refractivity contribution in [1.82, 2.24) is 15.5 Å². The molecule has 1 aliphatic rings. The number of primary amides is 1. The third-order valence-corrected chi connectivity index (χ3v) is 4.11. The average molecular weight is 347 g/mol. The maximum Gasteiger partial charge on any atom is 0.256 e. The van der Waals surface area contributed by atoms with Crippen LogP contribution in [0.2, 0.25) is 5.02 Å². The number of carbonyl (C=O) groups is 1. The van der Waals surface area contributed by atoms with Crippen molar-refractivity contribution in [3.63, 3.8) is 0 Å². The smallest absolute Gasteiger partial charge is 0.256 e. The van der Waals surface area contributed by atoms with Crippen LogP contribution in [0.3, 0.4) is 0 Å². The number of piperidine rings is 1. The first-order valence-electron chi connectivity index (χ1n) is 7.79. The Balaban J connectivity index is 1.82. The summed E-state index contributed by atoms with van der Waals surface area (Å²) in [7, 11) is 0. The van der Waals surface area contributed by atoms with E-state index in [9.17, 15) is 4.79 Å². The van der Waals surface area contributed by atoms with E-state index in [0.717, 1.165) is 31.6 Å². The van der Waals surface area contributed by atoms with Crippen LogP contribution < -0.4 is 16.4 Å². The Labute approximate surface area is 144 Å². The zero-order valence-corrected chi connectivity index (χ0v) is 13.8. The summed E-state index contributed by atoms with van der Waals surface area (Å²) < 4.78 is 0. The molecule has 2 aromatic rings. The van der Waals surface area contributed by atoms with Crippen LogP contribution in [-0.4, -0.2) is 35.4 Å². The summed E-state index contributed by atoms with van der Waals surface area (Å²) in [5.41, 5.74) is 6.46. The summed E-state index contributed by atoms with van der Waals surface area (Å²) in [6.45, 7) is 1.95. The first-order chi connectivity index (χ1) is 11.6. The summed E-state index contributed by atoms with van der Waals surface area (Å²) in [5.74, 6) is 0.492. The minimum Gasteiger partial charge on any atom is -0.365 e. The minimum atomic E-state index is -0.592.